The van der Waals surface area contributed by atoms with Gasteiger partial charge in [-0.05, 0) is 62.0 Å². The van der Waals surface area contributed by atoms with Crippen molar-refractivity contribution in [3.8, 4) is 0 Å². The van der Waals surface area contributed by atoms with Gasteiger partial charge in [-0.1, -0.05) is 18.2 Å². The van der Waals surface area contributed by atoms with E-state index < -0.39 is 0 Å². The zero-order chi connectivity index (χ0) is 15.9. The molecular formula is C17H18N2O2S. The van der Waals surface area contributed by atoms with Crippen LogP contribution in [-0.4, -0.2) is 17.7 Å². The van der Waals surface area contributed by atoms with Crippen LogP contribution >= 0.6 is 12.2 Å². The number of hydrogen-bond donors (Lipinski definition) is 2. The monoisotopic (exact) mass is 314 g/mol. The van der Waals surface area contributed by atoms with Gasteiger partial charge in [0, 0.05) is 11.4 Å². The van der Waals surface area contributed by atoms with Gasteiger partial charge in [0.15, 0.2) is 5.11 Å². The van der Waals surface area contributed by atoms with Crippen molar-refractivity contribution >= 4 is 34.7 Å². The zero-order valence-electron chi connectivity index (χ0n) is 12.6. The van der Waals surface area contributed by atoms with Crippen LogP contribution in [0.1, 0.15) is 22.8 Å². The Morgan fingerprint density at radius 2 is 1.77 bits per heavy atom. The Labute approximate surface area is 135 Å². The van der Waals surface area contributed by atoms with E-state index in [1.807, 2.05) is 31.2 Å². The number of ether oxygens (including phenoxy) is 1. The number of nitrogens with one attached hydrogen (secondary N) is 2. The maximum Gasteiger partial charge on any atom is 0.338 e. The van der Waals surface area contributed by atoms with Crippen LogP contribution in [0, 0.1) is 6.92 Å². The van der Waals surface area contributed by atoms with Gasteiger partial charge in [0.2, 0.25) is 0 Å². The quantitative estimate of drug-likeness (QED) is 0.660. The molecule has 0 fully saturated rings. The second kappa shape index (κ2) is 7.56. The topological polar surface area (TPSA) is 50.4 Å². The first-order valence-electron chi connectivity index (χ1n) is 7.01. The highest BCUT2D eigenvalue weighted by atomic mass is 32.1. The predicted molar refractivity (Wildman–Crippen MR) is 93.4 cm³/mol. The average Bonchev–Trinajstić information content (AvgIpc) is 2.50. The van der Waals surface area contributed by atoms with E-state index in [2.05, 4.69) is 10.6 Å². The van der Waals surface area contributed by atoms with Gasteiger partial charge in [0.05, 0.1) is 12.2 Å². The predicted octanol–water partition coefficient (Wildman–Crippen LogP) is 3.98. The van der Waals surface area contributed by atoms with Crippen molar-refractivity contribution in [3.63, 3.8) is 0 Å². The van der Waals surface area contributed by atoms with E-state index in [4.69, 9.17) is 17.0 Å². The molecule has 5 heteroatoms. The second-order valence-electron chi connectivity index (χ2n) is 4.69. The highest BCUT2D eigenvalue weighted by molar-refractivity contribution is 7.80. The minimum atomic E-state index is -0.324. The average molecular weight is 314 g/mol. The molecule has 0 aromatic heterocycles. The number of esters is 1. The lowest BCUT2D eigenvalue weighted by atomic mass is 10.2. The molecule has 2 aromatic rings. The molecular weight excluding hydrogens is 296 g/mol. The lowest BCUT2D eigenvalue weighted by Crippen LogP contribution is -2.19. The van der Waals surface area contributed by atoms with Gasteiger partial charge in [-0.2, -0.15) is 0 Å². The SMILES string of the molecule is CCOC(=O)c1ccc(NC(=S)Nc2ccccc2C)cc1. The van der Waals surface area contributed by atoms with Crippen molar-refractivity contribution in [3.05, 3.63) is 59.7 Å². The number of thiocarbonyl (C=S) groups is 1. The number of carbonyl (C=O) groups is 1. The van der Waals surface area contributed by atoms with E-state index in [0.29, 0.717) is 17.3 Å². The molecule has 22 heavy (non-hydrogen) atoms. The Hall–Kier alpha value is -2.40. The summed E-state index contributed by atoms with van der Waals surface area (Å²) in [6, 6.07) is 14.9. The van der Waals surface area contributed by atoms with Gasteiger partial charge in [-0.3, -0.25) is 0 Å². The van der Waals surface area contributed by atoms with Gasteiger partial charge in [-0.15, -0.1) is 0 Å². The summed E-state index contributed by atoms with van der Waals surface area (Å²) >= 11 is 5.29. The molecule has 0 spiro atoms. The largest absolute Gasteiger partial charge is 0.462 e. The maximum absolute atomic E-state index is 11.6. The Balaban J connectivity index is 1.97. The lowest BCUT2D eigenvalue weighted by molar-refractivity contribution is 0.0526. The van der Waals surface area contributed by atoms with Crippen LogP contribution in [0.2, 0.25) is 0 Å². The molecule has 114 valence electrons. The van der Waals surface area contributed by atoms with Crippen LogP contribution in [0.4, 0.5) is 11.4 Å². The Morgan fingerprint density at radius 3 is 2.41 bits per heavy atom. The van der Waals surface area contributed by atoms with Crippen LogP contribution in [0.5, 0.6) is 0 Å². The first kappa shape index (κ1) is 16.0. The molecule has 0 saturated heterocycles. The van der Waals surface area contributed by atoms with Crippen molar-refractivity contribution in [1.29, 1.82) is 0 Å². The normalized spacial score (nSPS) is 9.91. The van der Waals surface area contributed by atoms with E-state index >= 15 is 0 Å². The summed E-state index contributed by atoms with van der Waals surface area (Å²) in [6.45, 7) is 4.16. The summed E-state index contributed by atoms with van der Waals surface area (Å²) in [7, 11) is 0. The lowest BCUT2D eigenvalue weighted by Gasteiger charge is -2.12. The molecule has 0 bridgehead atoms. The number of benzene rings is 2. The van der Waals surface area contributed by atoms with Gasteiger partial charge in [0.1, 0.15) is 0 Å². The number of aryl methyl sites for hydroxylation is 1. The molecule has 0 amide bonds. The van der Waals surface area contributed by atoms with Crippen LogP contribution in [-0.2, 0) is 4.74 Å². The van der Waals surface area contributed by atoms with Crippen molar-refractivity contribution < 1.29 is 9.53 Å². The fraction of sp³-hybridized carbons (Fsp3) is 0.176. The number of para-hydroxylation sites is 1. The van der Waals surface area contributed by atoms with E-state index in [1.54, 1.807) is 31.2 Å². The first-order chi connectivity index (χ1) is 10.6. The highest BCUT2D eigenvalue weighted by Gasteiger charge is 2.06. The van der Waals surface area contributed by atoms with Crippen LogP contribution < -0.4 is 10.6 Å². The number of rotatable bonds is 4. The summed E-state index contributed by atoms with van der Waals surface area (Å²) in [5.74, 6) is -0.324. The number of carbonyl (C=O) groups excluding carboxylic acids is 1. The fourth-order valence-corrected chi connectivity index (χ4v) is 2.13. The molecule has 0 aliphatic carbocycles. The smallest absolute Gasteiger partial charge is 0.338 e. The minimum absolute atomic E-state index is 0.324. The third-order valence-corrected chi connectivity index (χ3v) is 3.25. The summed E-state index contributed by atoms with van der Waals surface area (Å²) in [4.78, 5) is 11.6. The molecule has 0 radical (unpaired) electrons. The standard InChI is InChI=1S/C17H18N2O2S/c1-3-21-16(20)13-8-10-14(11-9-13)18-17(22)19-15-7-5-4-6-12(15)2/h4-11H,3H2,1-2H3,(H2,18,19,22). The molecule has 0 unspecified atom stereocenters. The Morgan fingerprint density at radius 1 is 1.09 bits per heavy atom. The van der Waals surface area contributed by atoms with Crippen molar-refractivity contribution in [1.82, 2.24) is 0 Å². The third-order valence-electron chi connectivity index (χ3n) is 3.05. The molecule has 2 N–H and O–H groups in total. The molecule has 0 aliphatic rings. The van der Waals surface area contributed by atoms with E-state index in [1.165, 1.54) is 0 Å². The fourth-order valence-electron chi connectivity index (χ4n) is 1.90. The zero-order valence-corrected chi connectivity index (χ0v) is 13.4. The van der Waals surface area contributed by atoms with E-state index in [9.17, 15) is 4.79 Å². The van der Waals surface area contributed by atoms with E-state index in [-0.39, 0.29) is 5.97 Å². The summed E-state index contributed by atoms with van der Waals surface area (Å²) < 4.78 is 4.94. The van der Waals surface area contributed by atoms with Gasteiger partial charge in [-0.25, -0.2) is 4.79 Å². The Kier molecular flexibility index (Phi) is 5.49. The molecule has 4 nitrogen and oxygen atoms in total. The molecule has 0 atom stereocenters. The molecule has 0 aliphatic heterocycles. The Bertz CT molecular complexity index is 669. The number of anilines is 2. The maximum atomic E-state index is 11.6. The molecule has 0 heterocycles. The molecule has 2 aromatic carbocycles. The number of hydrogen-bond acceptors (Lipinski definition) is 3. The van der Waals surface area contributed by atoms with Crippen molar-refractivity contribution in [2.45, 2.75) is 13.8 Å². The minimum Gasteiger partial charge on any atom is -0.462 e. The van der Waals surface area contributed by atoms with Crippen molar-refractivity contribution in [2.75, 3.05) is 17.2 Å². The van der Waals surface area contributed by atoms with E-state index in [0.717, 1.165) is 16.9 Å². The summed E-state index contributed by atoms with van der Waals surface area (Å²) in [5.41, 5.74) is 3.40. The van der Waals surface area contributed by atoms with Crippen molar-refractivity contribution in [2.24, 2.45) is 0 Å². The first-order valence-corrected chi connectivity index (χ1v) is 7.42. The molecule has 0 saturated carbocycles. The third kappa shape index (κ3) is 4.30. The van der Waals surface area contributed by atoms with Gasteiger partial charge >= 0.3 is 5.97 Å². The summed E-state index contributed by atoms with van der Waals surface area (Å²) in [5, 5.41) is 6.73. The van der Waals surface area contributed by atoms with Gasteiger partial charge < -0.3 is 15.4 Å². The van der Waals surface area contributed by atoms with Crippen LogP contribution in [0.25, 0.3) is 0 Å². The second-order valence-corrected chi connectivity index (χ2v) is 5.10. The van der Waals surface area contributed by atoms with Crippen LogP contribution in [0.3, 0.4) is 0 Å². The highest BCUT2D eigenvalue weighted by Crippen LogP contribution is 2.15. The van der Waals surface area contributed by atoms with Gasteiger partial charge in [0.25, 0.3) is 0 Å². The van der Waals surface area contributed by atoms with Crippen LogP contribution in [0.15, 0.2) is 48.5 Å². The molecule has 2 rings (SSSR count). The summed E-state index contributed by atoms with van der Waals surface area (Å²) in [6.07, 6.45) is 0.